The largest absolute Gasteiger partial charge is 0.339 e. The second-order valence-corrected chi connectivity index (χ2v) is 8.97. The molecular weight excluding hydrogens is 397 g/mol. The molecular formula is C24H24FN3O3. The third kappa shape index (κ3) is 3.42. The highest BCUT2D eigenvalue weighted by Crippen LogP contribution is 2.43. The molecule has 3 aliphatic rings. The third-order valence-corrected chi connectivity index (χ3v) is 7.03. The van der Waals surface area contributed by atoms with Gasteiger partial charge in [0.1, 0.15) is 5.82 Å². The fourth-order valence-electron chi connectivity index (χ4n) is 5.48. The highest BCUT2D eigenvalue weighted by Gasteiger charge is 2.55. The molecule has 0 unspecified atom stereocenters. The first-order valence-corrected chi connectivity index (χ1v) is 10.8. The summed E-state index contributed by atoms with van der Waals surface area (Å²) in [6, 6.07) is 9.51. The van der Waals surface area contributed by atoms with Crippen LogP contribution in [0.1, 0.15) is 43.2 Å². The summed E-state index contributed by atoms with van der Waals surface area (Å²) in [7, 11) is 0. The van der Waals surface area contributed by atoms with E-state index in [9.17, 15) is 18.8 Å². The van der Waals surface area contributed by atoms with Gasteiger partial charge in [-0.2, -0.15) is 0 Å². The topological polar surface area (TPSA) is 70.6 Å². The Morgan fingerprint density at radius 1 is 1.19 bits per heavy atom. The Kier molecular flexibility index (Phi) is 4.84. The molecule has 3 amide bonds. The first kappa shape index (κ1) is 19.8. The number of rotatable bonds is 5. The first-order chi connectivity index (χ1) is 15.0. The number of piperidine rings is 1. The van der Waals surface area contributed by atoms with Gasteiger partial charge in [-0.25, -0.2) is 4.39 Å². The number of halogens is 1. The summed E-state index contributed by atoms with van der Waals surface area (Å²) in [5, 5.41) is 0. The smallest absolute Gasteiger partial charge is 0.241 e. The molecule has 0 spiro atoms. The molecule has 7 heteroatoms. The van der Waals surface area contributed by atoms with Crippen molar-refractivity contribution in [2.24, 2.45) is 5.92 Å². The lowest BCUT2D eigenvalue weighted by atomic mass is 9.75. The standard InChI is InChI=1S/C24H24FN3O3/c25-19-5-1-4-18(10-19)24(11-21(29)27-14-16-6-7-20(27)9-16)12-22(30)28(23(24)31)15-17-3-2-8-26-13-17/h1-5,8,10,13,16,20H,6-7,9,11-12,14-15H2/t16-,20+,24-/m0/s1. The van der Waals surface area contributed by atoms with Crippen molar-refractivity contribution in [2.75, 3.05) is 6.54 Å². The Morgan fingerprint density at radius 3 is 2.74 bits per heavy atom. The Morgan fingerprint density at radius 2 is 2.06 bits per heavy atom. The summed E-state index contributed by atoms with van der Waals surface area (Å²) in [5.74, 6) is -0.878. The van der Waals surface area contributed by atoms with Gasteiger partial charge in [0.2, 0.25) is 17.7 Å². The van der Waals surface area contributed by atoms with Crippen LogP contribution in [-0.4, -0.2) is 45.1 Å². The van der Waals surface area contributed by atoms with Gasteiger partial charge >= 0.3 is 0 Å². The molecule has 3 atom stereocenters. The molecule has 31 heavy (non-hydrogen) atoms. The van der Waals surface area contributed by atoms with E-state index in [0.29, 0.717) is 18.0 Å². The molecule has 2 aromatic rings. The molecule has 0 radical (unpaired) electrons. The van der Waals surface area contributed by atoms with Crippen LogP contribution in [0.2, 0.25) is 0 Å². The van der Waals surface area contributed by atoms with Crippen LogP contribution in [0.3, 0.4) is 0 Å². The zero-order valence-corrected chi connectivity index (χ0v) is 17.2. The van der Waals surface area contributed by atoms with Gasteiger partial charge in [-0.05, 0) is 54.5 Å². The van der Waals surface area contributed by atoms with E-state index in [2.05, 4.69) is 4.98 Å². The number of carbonyl (C=O) groups is 3. The second kappa shape index (κ2) is 7.55. The van der Waals surface area contributed by atoms with Gasteiger partial charge in [-0.15, -0.1) is 0 Å². The van der Waals surface area contributed by atoms with Gasteiger partial charge in [-0.1, -0.05) is 18.2 Å². The predicted octanol–water partition coefficient (Wildman–Crippen LogP) is 2.82. The van der Waals surface area contributed by atoms with E-state index in [0.717, 1.165) is 24.8 Å². The van der Waals surface area contributed by atoms with Crippen LogP contribution < -0.4 is 0 Å². The average Bonchev–Trinajstić information content (AvgIpc) is 3.46. The van der Waals surface area contributed by atoms with Crippen molar-refractivity contribution in [1.82, 2.24) is 14.8 Å². The number of benzene rings is 1. The van der Waals surface area contributed by atoms with Gasteiger partial charge in [0.15, 0.2) is 0 Å². The van der Waals surface area contributed by atoms with E-state index in [1.165, 1.54) is 23.1 Å². The average molecular weight is 421 g/mol. The fourth-order valence-corrected chi connectivity index (χ4v) is 5.48. The number of pyridine rings is 1. The van der Waals surface area contributed by atoms with Crippen molar-refractivity contribution in [3.05, 3.63) is 65.7 Å². The third-order valence-electron chi connectivity index (χ3n) is 7.03. The van der Waals surface area contributed by atoms with Gasteiger partial charge in [0.05, 0.1) is 12.0 Å². The van der Waals surface area contributed by atoms with Crippen molar-refractivity contribution in [3.63, 3.8) is 0 Å². The monoisotopic (exact) mass is 421 g/mol. The molecule has 1 aromatic carbocycles. The highest BCUT2D eigenvalue weighted by molar-refractivity contribution is 6.10. The first-order valence-electron chi connectivity index (χ1n) is 10.8. The van der Waals surface area contributed by atoms with Gasteiger partial charge in [-0.3, -0.25) is 24.3 Å². The minimum absolute atomic E-state index is 0.0885. The Labute approximate surface area is 180 Å². The maximum absolute atomic E-state index is 14.1. The molecule has 2 saturated heterocycles. The molecule has 2 aliphatic heterocycles. The maximum atomic E-state index is 14.1. The SMILES string of the molecule is O=C1C[C@@](CC(=O)N2C[C@H]3CC[C@@H]2C3)(c2cccc(F)c2)C(=O)N1Cc1cccnc1. The normalized spacial score (nSPS) is 27.4. The number of hydrogen-bond donors (Lipinski definition) is 0. The number of likely N-dealkylation sites (tertiary alicyclic amines) is 2. The number of imide groups is 1. The van der Waals surface area contributed by atoms with Crippen LogP contribution in [0, 0.1) is 11.7 Å². The van der Waals surface area contributed by atoms with Crippen LogP contribution >= 0.6 is 0 Å². The second-order valence-electron chi connectivity index (χ2n) is 8.97. The van der Waals surface area contributed by atoms with Crippen molar-refractivity contribution in [1.29, 1.82) is 0 Å². The molecule has 1 saturated carbocycles. The lowest BCUT2D eigenvalue weighted by Gasteiger charge is -2.32. The molecule has 3 heterocycles. The summed E-state index contributed by atoms with van der Waals surface area (Å²) in [4.78, 5) is 47.0. The quantitative estimate of drug-likeness (QED) is 0.696. The predicted molar refractivity (Wildman–Crippen MR) is 110 cm³/mol. The van der Waals surface area contributed by atoms with Crippen LogP contribution in [0.4, 0.5) is 4.39 Å². The number of carbonyl (C=O) groups excluding carboxylic acids is 3. The van der Waals surface area contributed by atoms with E-state index in [1.807, 2.05) is 4.90 Å². The van der Waals surface area contributed by atoms with E-state index in [-0.39, 0.29) is 37.2 Å². The number of fused-ring (bicyclic) bond motifs is 2. The van der Waals surface area contributed by atoms with Gasteiger partial charge in [0, 0.05) is 37.8 Å². The van der Waals surface area contributed by atoms with E-state index in [4.69, 9.17) is 0 Å². The van der Waals surface area contributed by atoms with E-state index >= 15 is 0 Å². The number of amides is 3. The summed E-state index contributed by atoms with van der Waals surface area (Å²) in [6.07, 6.45) is 6.12. The number of hydrogen-bond acceptors (Lipinski definition) is 4. The van der Waals surface area contributed by atoms with Gasteiger partial charge < -0.3 is 4.90 Å². The summed E-state index contributed by atoms with van der Waals surface area (Å²) in [6.45, 7) is 0.801. The van der Waals surface area contributed by atoms with Crippen LogP contribution in [0.5, 0.6) is 0 Å². The van der Waals surface area contributed by atoms with Crippen molar-refractivity contribution < 1.29 is 18.8 Å². The van der Waals surface area contributed by atoms with Crippen molar-refractivity contribution in [3.8, 4) is 0 Å². The lowest BCUT2D eigenvalue weighted by molar-refractivity contribution is -0.143. The van der Waals surface area contributed by atoms with Crippen molar-refractivity contribution in [2.45, 2.75) is 50.1 Å². The number of nitrogens with zero attached hydrogens (tertiary/aromatic N) is 3. The molecule has 2 bridgehead atoms. The van der Waals surface area contributed by atoms with Crippen molar-refractivity contribution >= 4 is 17.7 Å². The minimum atomic E-state index is -1.37. The number of aromatic nitrogens is 1. The summed E-state index contributed by atoms with van der Waals surface area (Å²) in [5.41, 5.74) is -0.264. The molecule has 0 N–H and O–H groups in total. The maximum Gasteiger partial charge on any atom is 0.241 e. The molecule has 6 nitrogen and oxygen atoms in total. The van der Waals surface area contributed by atoms with Crippen LogP contribution in [0.25, 0.3) is 0 Å². The molecule has 5 rings (SSSR count). The lowest BCUT2D eigenvalue weighted by Crippen LogP contribution is -2.45. The Hall–Kier alpha value is -3.09. The zero-order valence-electron chi connectivity index (χ0n) is 17.2. The van der Waals surface area contributed by atoms with E-state index < -0.39 is 17.1 Å². The van der Waals surface area contributed by atoms with Crippen LogP contribution in [0.15, 0.2) is 48.8 Å². The summed E-state index contributed by atoms with van der Waals surface area (Å²) < 4.78 is 14.1. The zero-order chi connectivity index (χ0) is 21.6. The van der Waals surface area contributed by atoms with Gasteiger partial charge in [0.25, 0.3) is 0 Å². The molecule has 3 fully saturated rings. The van der Waals surface area contributed by atoms with Crippen LogP contribution in [-0.2, 0) is 26.3 Å². The molecule has 160 valence electrons. The minimum Gasteiger partial charge on any atom is -0.339 e. The highest BCUT2D eigenvalue weighted by atomic mass is 19.1. The Bertz CT molecular complexity index is 1040. The fraction of sp³-hybridized carbons (Fsp3) is 0.417. The summed E-state index contributed by atoms with van der Waals surface area (Å²) >= 11 is 0. The molecule has 1 aliphatic carbocycles. The Balaban J connectivity index is 1.48. The molecule has 1 aromatic heterocycles. The van der Waals surface area contributed by atoms with E-state index in [1.54, 1.807) is 30.6 Å².